The van der Waals surface area contributed by atoms with Crippen LogP contribution in [0.5, 0.6) is 0 Å². The van der Waals surface area contributed by atoms with Crippen LogP contribution in [0.4, 0.5) is 11.4 Å². The highest BCUT2D eigenvalue weighted by atomic mass is 16.2. The Morgan fingerprint density at radius 1 is 0.926 bits per heavy atom. The molecule has 0 radical (unpaired) electrons. The van der Waals surface area contributed by atoms with Crippen molar-refractivity contribution >= 4 is 45.0 Å². The van der Waals surface area contributed by atoms with Gasteiger partial charge in [-0.3, -0.25) is 14.2 Å². The third-order valence-corrected chi connectivity index (χ3v) is 5.01. The average Bonchev–Trinajstić information content (AvgIpc) is 2.93. The average molecular weight is 358 g/mol. The molecule has 2 heterocycles. The number of H-pyrrole nitrogens is 1. The smallest absolute Gasteiger partial charge is 0.326 e. The number of rotatable bonds is 1. The second-order valence-corrected chi connectivity index (χ2v) is 6.61. The molecule has 1 aliphatic heterocycles. The summed E-state index contributed by atoms with van der Waals surface area (Å²) in [5, 5.41) is 1.37. The Kier molecular flexibility index (Phi) is 2.89. The van der Waals surface area contributed by atoms with E-state index in [9.17, 15) is 14.4 Å². The predicted molar refractivity (Wildman–Crippen MR) is 103 cm³/mol. The van der Waals surface area contributed by atoms with Gasteiger partial charge in [-0.25, -0.2) is 9.69 Å². The highest BCUT2D eigenvalue weighted by Crippen LogP contribution is 2.34. The van der Waals surface area contributed by atoms with Crippen LogP contribution in [-0.2, 0) is 7.05 Å². The number of aromatic amines is 1. The standard InChI is InChI=1S/C20H14N4O3/c1-23-16-6-5-12(9-15(16)22-20(23)27)24-18(25)13-4-2-3-10-7-11(21)8-14(17(10)13)19(24)26/h2-9H,21H2,1H3,(H,22,27). The molecule has 3 aromatic carbocycles. The Labute approximate surface area is 152 Å². The molecule has 7 nitrogen and oxygen atoms in total. The van der Waals surface area contributed by atoms with E-state index < -0.39 is 11.8 Å². The topological polar surface area (TPSA) is 101 Å². The lowest BCUT2D eigenvalue weighted by Gasteiger charge is -2.27. The fraction of sp³-hybridized carbons (Fsp3) is 0.0500. The van der Waals surface area contributed by atoms with Crippen LogP contribution < -0.4 is 16.3 Å². The van der Waals surface area contributed by atoms with E-state index in [4.69, 9.17) is 5.73 Å². The third-order valence-electron chi connectivity index (χ3n) is 5.01. The Morgan fingerprint density at radius 2 is 1.70 bits per heavy atom. The number of fused-ring (bicyclic) bond motifs is 1. The quantitative estimate of drug-likeness (QED) is 0.403. The lowest BCUT2D eigenvalue weighted by atomic mass is 9.93. The van der Waals surface area contributed by atoms with E-state index in [2.05, 4.69) is 4.98 Å². The van der Waals surface area contributed by atoms with Crippen LogP contribution in [0, 0.1) is 0 Å². The summed E-state index contributed by atoms with van der Waals surface area (Å²) in [6.45, 7) is 0. The van der Waals surface area contributed by atoms with Crippen molar-refractivity contribution in [1.82, 2.24) is 9.55 Å². The number of carbonyl (C=O) groups excluding carboxylic acids is 2. The molecule has 5 rings (SSSR count). The number of nitrogens with two attached hydrogens (primary N) is 1. The summed E-state index contributed by atoms with van der Waals surface area (Å²) in [6.07, 6.45) is 0. The molecule has 0 fully saturated rings. The van der Waals surface area contributed by atoms with Crippen LogP contribution in [0.25, 0.3) is 21.8 Å². The van der Waals surface area contributed by atoms with Gasteiger partial charge in [0.05, 0.1) is 22.3 Å². The molecule has 0 bridgehead atoms. The Hall–Kier alpha value is -3.87. The normalized spacial score (nSPS) is 13.7. The molecule has 3 N–H and O–H groups in total. The lowest BCUT2D eigenvalue weighted by molar-refractivity contribution is 0.0893. The fourth-order valence-corrected chi connectivity index (χ4v) is 3.73. The van der Waals surface area contributed by atoms with E-state index in [0.29, 0.717) is 38.9 Å². The summed E-state index contributed by atoms with van der Waals surface area (Å²) in [4.78, 5) is 41.9. The van der Waals surface area contributed by atoms with Crippen LogP contribution in [0.3, 0.4) is 0 Å². The van der Waals surface area contributed by atoms with Crippen LogP contribution in [-0.4, -0.2) is 21.4 Å². The number of aromatic nitrogens is 2. The summed E-state index contributed by atoms with van der Waals surface area (Å²) in [7, 11) is 1.65. The number of amides is 2. The number of hydrogen-bond acceptors (Lipinski definition) is 4. The third kappa shape index (κ3) is 1.99. The molecule has 1 aliphatic rings. The van der Waals surface area contributed by atoms with Gasteiger partial charge < -0.3 is 10.7 Å². The van der Waals surface area contributed by atoms with Gasteiger partial charge in [-0.1, -0.05) is 12.1 Å². The molecule has 0 saturated heterocycles. The van der Waals surface area contributed by atoms with Gasteiger partial charge in [0.25, 0.3) is 11.8 Å². The van der Waals surface area contributed by atoms with Crippen molar-refractivity contribution in [3.05, 3.63) is 70.1 Å². The van der Waals surface area contributed by atoms with Crippen molar-refractivity contribution in [2.45, 2.75) is 0 Å². The summed E-state index contributed by atoms with van der Waals surface area (Å²) in [6, 6.07) is 13.6. The van der Waals surface area contributed by atoms with Gasteiger partial charge in [0, 0.05) is 23.7 Å². The number of nitrogens with one attached hydrogen (secondary N) is 1. The number of nitrogen functional groups attached to an aromatic ring is 1. The molecule has 0 atom stereocenters. The van der Waals surface area contributed by atoms with E-state index in [-0.39, 0.29) is 5.69 Å². The van der Waals surface area contributed by atoms with E-state index in [1.165, 1.54) is 4.57 Å². The van der Waals surface area contributed by atoms with Crippen molar-refractivity contribution in [2.24, 2.45) is 7.05 Å². The maximum absolute atomic E-state index is 13.1. The van der Waals surface area contributed by atoms with Crippen molar-refractivity contribution in [3.8, 4) is 0 Å². The summed E-state index contributed by atoms with van der Waals surface area (Å²) < 4.78 is 1.47. The molecule has 132 valence electrons. The molecule has 0 spiro atoms. The SMILES string of the molecule is Cn1c(=O)[nH]c2cc(N3C(=O)c4cccc5cc(N)cc(c45)C3=O)ccc21. The molecule has 0 aliphatic carbocycles. The number of hydrogen-bond donors (Lipinski definition) is 2. The van der Waals surface area contributed by atoms with Crippen molar-refractivity contribution in [2.75, 3.05) is 10.6 Å². The minimum Gasteiger partial charge on any atom is -0.399 e. The predicted octanol–water partition coefficient (Wildman–Crippen LogP) is 2.40. The number of carbonyl (C=O) groups is 2. The summed E-state index contributed by atoms with van der Waals surface area (Å²) in [5.41, 5.74) is 8.62. The van der Waals surface area contributed by atoms with Gasteiger partial charge in [0.15, 0.2) is 0 Å². The van der Waals surface area contributed by atoms with Crippen molar-refractivity contribution in [1.29, 1.82) is 0 Å². The monoisotopic (exact) mass is 358 g/mol. The summed E-state index contributed by atoms with van der Waals surface area (Å²) >= 11 is 0. The van der Waals surface area contributed by atoms with Crippen molar-refractivity contribution < 1.29 is 9.59 Å². The fourth-order valence-electron chi connectivity index (χ4n) is 3.73. The number of imide groups is 1. The van der Waals surface area contributed by atoms with Gasteiger partial charge in [-0.05, 0) is 41.8 Å². The largest absolute Gasteiger partial charge is 0.399 e. The van der Waals surface area contributed by atoms with Gasteiger partial charge in [-0.15, -0.1) is 0 Å². The number of nitrogens with zero attached hydrogens (tertiary/aromatic N) is 2. The highest BCUT2D eigenvalue weighted by molar-refractivity contribution is 6.36. The van der Waals surface area contributed by atoms with Crippen LogP contribution in [0.1, 0.15) is 20.7 Å². The molecule has 1 aromatic heterocycles. The Balaban J connectivity index is 1.76. The maximum atomic E-state index is 13.1. The molecule has 7 heteroatoms. The summed E-state index contributed by atoms with van der Waals surface area (Å²) in [5.74, 6) is -0.839. The zero-order valence-corrected chi connectivity index (χ0v) is 14.3. The van der Waals surface area contributed by atoms with Gasteiger partial charge in [0.2, 0.25) is 0 Å². The van der Waals surface area contributed by atoms with E-state index in [1.807, 2.05) is 6.07 Å². The number of anilines is 2. The molecular formula is C20H14N4O3. The molecule has 4 aromatic rings. The minimum atomic E-state index is -0.436. The highest BCUT2D eigenvalue weighted by Gasteiger charge is 2.34. The second kappa shape index (κ2) is 5.07. The molecule has 27 heavy (non-hydrogen) atoms. The first kappa shape index (κ1) is 15.4. The number of benzene rings is 3. The maximum Gasteiger partial charge on any atom is 0.326 e. The van der Waals surface area contributed by atoms with E-state index in [0.717, 1.165) is 10.3 Å². The van der Waals surface area contributed by atoms with Crippen LogP contribution in [0.15, 0.2) is 53.3 Å². The van der Waals surface area contributed by atoms with Gasteiger partial charge >= 0.3 is 5.69 Å². The van der Waals surface area contributed by atoms with E-state index >= 15 is 0 Å². The first-order chi connectivity index (χ1) is 13.0. The second-order valence-electron chi connectivity index (χ2n) is 6.61. The molecule has 0 saturated carbocycles. The first-order valence-electron chi connectivity index (χ1n) is 8.35. The number of imidazole rings is 1. The van der Waals surface area contributed by atoms with Gasteiger partial charge in [0.1, 0.15) is 0 Å². The van der Waals surface area contributed by atoms with E-state index in [1.54, 1.807) is 49.5 Å². The molecule has 0 unspecified atom stereocenters. The van der Waals surface area contributed by atoms with Crippen LogP contribution >= 0.6 is 0 Å². The zero-order chi connectivity index (χ0) is 18.9. The lowest BCUT2D eigenvalue weighted by Crippen LogP contribution is -2.40. The minimum absolute atomic E-state index is 0.263. The Bertz CT molecular complexity index is 1360. The van der Waals surface area contributed by atoms with Crippen LogP contribution in [0.2, 0.25) is 0 Å². The first-order valence-corrected chi connectivity index (χ1v) is 8.35. The molecule has 2 amide bonds. The number of aryl methyl sites for hydroxylation is 1. The Morgan fingerprint density at radius 3 is 2.52 bits per heavy atom. The zero-order valence-electron chi connectivity index (χ0n) is 14.3. The van der Waals surface area contributed by atoms with Crippen molar-refractivity contribution in [3.63, 3.8) is 0 Å². The van der Waals surface area contributed by atoms with Gasteiger partial charge in [-0.2, -0.15) is 0 Å². The molecular weight excluding hydrogens is 344 g/mol.